The van der Waals surface area contributed by atoms with Crippen molar-refractivity contribution in [3.8, 4) is 0 Å². The fraction of sp³-hybridized carbons (Fsp3) is 0.583. The summed E-state index contributed by atoms with van der Waals surface area (Å²) in [6, 6.07) is 4.31. The second-order valence-corrected chi connectivity index (χ2v) is 6.07. The van der Waals surface area contributed by atoms with Crippen LogP contribution in [0.15, 0.2) is 17.1 Å². The van der Waals surface area contributed by atoms with Crippen molar-refractivity contribution in [3.05, 3.63) is 21.9 Å². The van der Waals surface area contributed by atoms with E-state index >= 15 is 0 Å². The second-order valence-electron chi connectivity index (χ2n) is 3.71. The molecule has 0 aliphatic carbocycles. The predicted molar refractivity (Wildman–Crippen MR) is 80.3 cm³/mol. The molecule has 0 atom stereocenters. The molecular weight excluding hydrogens is 250 g/mol. The molecule has 0 unspecified atom stereocenters. The second kappa shape index (κ2) is 8.42. The highest BCUT2D eigenvalue weighted by molar-refractivity contribution is 7.98. The number of hydrogen-bond acceptors (Lipinski definition) is 3. The van der Waals surface area contributed by atoms with Crippen LogP contribution in [0.5, 0.6) is 0 Å². The fourth-order valence-corrected chi connectivity index (χ4v) is 2.66. The molecule has 0 fully saturated rings. The van der Waals surface area contributed by atoms with E-state index in [1.54, 1.807) is 0 Å². The number of guanidine groups is 1. The Morgan fingerprint density at radius 3 is 2.82 bits per heavy atom. The standard InChI is InChI=1S/C12H21N3S2/c1-10-5-6-11(17-10)9-15-12(13-2)14-7-4-8-16-3/h5-6H,4,7-9H2,1-3H3,(H2,13,14,15). The third kappa shape index (κ3) is 5.98. The van der Waals surface area contributed by atoms with Crippen molar-refractivity contribution in [1.82, 2.24) is 10.6 Å². The molecule has 1 aromatic heterocycles. The molecule has 17 heavy (non-hydrogen) atoms. The molecule has 0 radical (unpaired) electrons. The molecule has 1 rings (SSSR count). The quantitative estimate of drug-likeness (QED) is 0.474. The van der Waals surface area contributed by atoms with Gasteiger partial charge in [0.15, 0.2) is 5.96 Å². The highest BCUT2D eigenvalue weighted by atomic mass is 32.2. The van der Waals surface area contributed by atoms with Crippen LogP contribution >= 0.6 is 23.1 Å². The van der Waals surface area contributed by atoms with Crippen molar-refractivity contribution < 1.29 is 0 Å². The van der Waals surface area contributed by atoms with Gasteiger partial charge in [0, 0.05) is 23.3 Å². The maximum Gasteiger partial charge on any atom is 0.191 e. The van der Waals surface area contributed by atoms with Crippen LogP contribution < -0.4 is 10.6 Å². The van der Waals surface area contributed by atoms with Crippen LogP contribution in [0.2, 0.25) is 0 Å². The van der Waals surface area contributed by atoms with E-state index in [0.717, 1.165) is 19.0 Å². The minimum atomic E-state index is 0.848. The lowest BCUT2D eigenvalue weighted by Crippen LogP contribution is -2.37. The van der Waals surface area contributed by atoms with Crippen LogP contribution in [0.25, 0.3) is 0 Å². The highest BCUT2D eigenvalue weighted by Crippen LogP contribution is 2.14. The average molecular weight is 271 g/mol. The maximum absolute atomic E-state index is 4.20. The van der Waals surface area contributed by atoms with Gasteiger partial charge in [0.25, 0.3) is 0 Å². The number of nitrogens with one attached hydrogen (secondary N) is 2. The zero-order chi connectivity index (χ0) is 12.5. The molecule has 0 aliphatic rings. The van der Waals surface area contributed by atoms with Crippen LogP contribution in [0.3, 0.4) is 0 Å². The summed E-state index contributed by atoms with van der Waals surface area (Å²) in [4.78, 5) is 6.89. The molecule has 96 valence electrons. The van der Waals surface area contributed by atoms with Crippen LogP contribution in [-0.2, 0) is 6.54 Å². The van der Waals surface area contributed by atoms with Crippen molar-refractivity contribution >= 4 is 29.1 Å². The molecule has 0 aliphatic heterocycles. The molecule has 0 bridgehead atoms. The topological polar surface area (TPSA) is 36.4 Å². The number of thioether (sulfide) groups is 1. The third-order valence-electron chi connectivity index (χ3n) is 2.27. The predicted octanol–water partition coefficient (Wildman–Crippen LogP) is 2.47. The van der Waals surface area contributed by atoms with Crippen LogP contribution in [0, 0.1) is 6.92 Å². The van der Waals surface area contributed by atoms with E-state index in [1.165, 1.54) is 21.9 Å². The van der Waals surface area contributed by atoms with Gasteiger partial charge in [0.2, 0.25) is 0 Å². The molecule has 1 aromatic rings. The Hall–Kier alpha value is -0.680. The van der Waals surface area contributed by atoms with E-state index in [4.69, 9.17) is 0 Å². The molecular formula is C12H21N3S2. The van der Waals surface area contributed by atoms with E-state index < -0.39 is 0 Å². The van der Waals surface area contributed by atoms with Gasteiger partial charge < -0.3 is 10.6 Å². The molecule has 2 N–H and O–H groups in total. The lowest BCUT2D eigenvalue weighted by Gasteiger charge is -2.10. The molecule has 5 heteroatoms. The highest BCUT2D eigenvalue weighted by Gasteiger charge is 1.99. The summed E-state index contributed by atoms with van der Waals surface area (Å²) in [7, 11) is 1.81. The molecule has 0 aromatic carbocycles. The monoisotopic (exact) mass is 271 g/mol. The van der Waals surface area contributed by atoms with Crippen LogP contribution in [0.1, 0.15) is 16.2 Å². The number of thiophene rings is 1. The van der Waals surface area contributed by atoms with E-state index in [1.807, 2.05) is 30.1 Å². The molecule has 0 saturated heterocycles. The number of hydrogen-bond donors (Lipinski definition) is 2. The van der Waals surface area contributed by atoms with Gasteiger partial charge in [-0.3, -0.25) is 4.99 Å². The van der Waals surface area contributed by atoms with Gasteiger partial charge in [0.05, 0.1) is 6.54 Å². The van der Waals surface area contributed by atoms with Crippen molar-refractivity contribution in [2.24, 2.45) is 4.99 Å². The van der Waals surface area contributed by atoms with E-state index in [2.05, 4.69) is 40.9 Å². The van der Waals surface area contributed by atoms with Crippen LogP contribution in [0.4, 0.5) is 0 Å². The number of aryl methyl sites for hydroxylation is 1. The van der Waals surface area contributed by atoms with Gasteiger partial charge in [-0.15, -0.1) is 11.3 Å². The summed E-state index contributed by atoms with van der Waals surface area (Å²) in [5, 5.41) is 6.63. The first kappa shape index (κ1) is 14.4. The molecule has 0 amide bonds. The van der Waals surface area contributed by atoms with Gasteiger partial charge >= 0.3 is 0 Å². The molecule has 0 spiro atoms. The smallest absolute Gasteiger partial charge is 0.191 e. The molecule has 1 heterocycles. The zero-order valence-corrected chi connectivity index (χ0v) is 12.4. The van der Waals surface area contributed by atoms with Gasteiger partial charge in [-0.2, -0.15) is 11.8 Å². The zero-order valence-electron chi connectivity index (χ0n) is 10.7. The van der Waals surface area contributed by atoms with E-state index in [9.17, 15) is 0 Å². The summed E-state index contributed by atoms with van der Waals surface area (Å²) in [6.45, 7) is 3.95. The fourth-order valence-electron chi connectivity index (χ4n) is 1.39. The van der Waals surface area contributed by atoms with E-state index in [0.29, 0.717) is 0 Å². The van der Waals surface area contributed by atoms with Gasteiger partial charge in [0.1, 0.15) is 0 Å². The van der Waals surface area contributed by atoms with Gasteiger partial charge in [-0.1, -0.05) is 0 Å². The first-order chi connectivity index (χ1) is 8.26. The number of rotatable bonds is 6. The SMILES string of the molecule is CN=C(NCCCSC)NCc1ccc(C)s1. The van der Waals surface area contributed by atoms with Crippen molar-refractivity contribution in [2.75, 3.05) is 25.6 Å². The number of aliphatic imine (C=N–C) groups is 1. The Morgan fingerprint density at radius 2 is 2.24 bits per heavy atom. The lowest BCUT2D eigenvalue weighted by atomic mass is 10.4. The van der Waals surface area contributed by atoms with Gasteiger partial charge in [-0.25, -0.2) is 0 Å². The third-order valence-corrected chi connectivity index (χ3v) is 3.96. The van der Waals surface area contributed by atoms with Crippen molar-refractivity contribution in [3.63, 3.8) is 0 Å². The Morgan fingerprint density at radius 1 is 1.41 bits per heavy atom. The minimum Gasteiger partial charge on any atom is -0.356 e. The van der Waals surface area contributed by atoms with Crippen molar-refractivity contribution in [1.29, 1.82) is 0 Å². The summed E-state index contributed by atoms with van der Waals surface area (Å²) in [5.41, 5.74) is 0. The molecule has 3 nitrogen and oxygen atoms in total. The van der Waals surface area contributed by atoms with Gasteiger partial charge in [-0.05, 0) is 37.5 Å². The molecule has 0 saturated carbocycles. The normalized spacial score (nSPS) is 11.6. The maximum atomic E-state index is 4.20. The van der Waals surface area contributed by atoms with Crippen molar-refractivity contribution in [2.45, 2.75) is 19.9 Å². The average Bonchev–Trinajstić information content (AvgIpc) is 2.74. The Kier molecular flexibility index (Phi) is 7.12. The lowest BCUT2D eigenvalue weighted by molar-refractivity contribution is 0.790. The van der Waals surface area contributed by atoms with Crippen LogP contribution in [-0.4, -0.2) is 31.6 Å². The Bertz CT molecular complexity index is 347. The summed E-state index contributed by atoms with van der Waals surface area (Å²) >= 11 is 3.70. The minimum absolute atomic E-state index is 0.848. The summed E-state index contributed by atoms with van der Waals surface area (Å²) in [6.07, 6.45) is 3.30. The number of nitrogens with zero attached hydrogens (tertiary/aromatic N) is 1. The Balaban J connectivity index is 2.23. The summed E-state index contributed by atoms with van der Waals surface area (Å²) < 4.78 is 0. The first-order valence-corrected chi connectivity index (χ1v) is 7.96. The van der Waals surface area contributed by atoms with E-state index in [-0.39, 0.29) is 0 Å². The summed E-state index contributed by atoms with van der Waals surface area (Å²) in [5.74, 6) is 2.07. The largest absolute Gasteiger partial charge is 0.356 e. The first-order valence-electron chi connectivity index (χ1n) is 5.75. The Labute approximate surface area is 112 Å².